The van der Waals surface area contributed by atoms with E-state index in [1.165, 1.54) is 0 Å². The van der Waals surface area contributed by atoms with Gasteiger partial charge >= 0.3 is 6.09 Å². The monoisotopic (exact) mass is 434 g/mol. The summed E-state index contributed by atoms with van der Waals surface area (Å²) in [5, 5.41) is 8.25. The van der Waals surface area contributed by atoms with E-state index in [1.54, 1.807) is 18.2 Å². The molecular formula is C27H22N4O2. The molecule has 0 unspecified atom stereocenters. The fourth-order valence-corrected chi connectivity index (χ4v) is 3.82. The molecule has 1 heterocycles. The number of benzene rings is 4. The van der Waals surface area contributed by atoms with Crippen molar-refractivity contribution in [3.63, 3.8) is 0 Å². The maximum absolute atomic E-state index is 12.2. The van der Waals surface area contributed by atoms with Gasteiger partial charge in [-0.1, -0.05) is 54.6 Å². The van der Waals surface area contributed by atoms with Crippen LogP contribution in [-0.4, -0.2) is 11.1 Å². The number of nitrogens with two attached hydrogens (primary N) is 1. The van der Waals surface area contributed by atoms with Crippen LogP contribution in [0.3, 0.4) is 0 Å². The molecule has 4 N–H and O–H groups in total. The predicted molar refractivity (Wildman–Crippen MR) is 134 cm³/mol. The van der Waals surface area contributed by atoms with Gasteiger partial charge in [-0.05, 0) is 48.0 Å². The number of nitrogen functional groups attached to an aromatic ring is 1. The molecular weight excluding hydrogens is 412 g/mol. The van der Waals surface area contributed by atoms with Gasteiger partial charge in [-0.2, -0.15) is 0 Å². The van der Waals surface area contributed by atoms with Crippen molar-refractivity contribution >= 4 is 50.6 Å². The minimum absolute atomic E-state index is 0.0935. The van der Waals surface area contributed by atoms with Crippen LogP contribution in [0.2, 0.25) is 0 Å². The smallest absolute Gasteiger partial charge is 0.411 e. The van der Waals surface area contributed by atoms with E-state index in [1.807, 2.05) is 78.9 Å². The van der Waals surface area contributed by atoms with Gasteiger partial charge in [0.25, 0.3) is 0 Å². The molecule has 6 nitrogen and oxygen atoms in total. The molecule has 4 aromatic carbocycles. The van der Waals surface area contributed by atoms with Crippen LogP contribution in [0.1, 0.15) is 5.56 Å². The third-order valence-electron chi connectivity index (χ3n) is 5.26. The van der Waals surface area contributed by atoms with Crippen molar-refractivity contribution in [3.05, 3.63) is 103 Å². The molecule has 0 aliphatic carbocycles. The summed E-state index contributed by atoms with van der Waals surface area (Å²) in [6, 6.07) is 30.8. The summed E-state index contributed by atoms with van der Waals surface area (Å²) in [6.45, 7) is 0.0935. The minimum Gasteiger partial charge on any atom is -0.444 e. The van der Waals surface area contributed by atoms with Gasteiger partial charge in [0.1, 0.15) is 6.61 Å². The number of fused-ring (bicyclic) bond motifs is 2. The van der Waals surface area contributed by atoms with Crippen molar-refractivity contribution in [2.45, 2.75) is 6.61 Å². The number of carbonyl (C=O) groups is 1. The summed E-state index contributed by atoms with van der Waals surface area (Å²) < 4.78 is 5.39. The van der Waals surface area contributed by atoms with Gasteiger partial charge in [-0.3, -0.25) is 5.32 Å². The molecule has 1 aromatic heterocycles. The molecule has 0 aliphatic rings. The van der Waals surface area contributed by atoms with E-state index >= 15 is 0 Å². The molecule has 33 heavy (non-hydrogen) atoms. The van der Waals surface area contributed by atoms with Crippen molar-refractivity contribution in [2.75, 3.05) is 16.4 Å². The quantitative estimate of drug-likeness (QED) is 0.218. The molecule has 0 aliphatic heterocycles. The van der Waals surface area contributed by atoms with Crippen LogP contribution in [0, 0.1) is 0 Å². The Kier molecular flexibility index (Phi) is 5.47. The Bertz CT molecular complexity index is 1400. The second-order valence-corrected chi connectivity index (χ2v) is 7.68. The summed E-state index contributed by atoms with van der Waals surface area (Å²) in [5.74, 6) is 0. The molecule has 162 valence electrons. The molecule has 5 aromatic rings. The lowest BCUT2D eigenvalue weighted by atomic mass is 10.1. The van der Waals surface area contributed by atoms with Gasteiger partial charge in [-0.15, -0.1) is 0 Å². The number of carbonyl (C=O) groups excluding carboxylic acids is 1. The van der Waals surface area contributed by atoms with Gasteiger partial charge < -0.3 is 15.8 Å². The number of anilines is 4. The third kappa shape index (κ3) is 4.55. The van der Waals surface area contributed by atoms with Crippen LogP contribution in [0.5, 0.6) is 0 Å². The number of hydrogen-bond acceptors (Lipinski definition) is 5. The number of para-hydroxylation sites is 3. The van der Waals surface area contributed by atoms with Crippen LogP contribution in [0.25, 0.3) is 21.8 Å². The highest BCUT2D eigenvalue weighted by molar-refractivity contribution is 6.08. The van der Waals surface area contributed by atoms with Crippen LogP contribution in [-0.2, 0) is 11.3 Å². The summed E-state index contributed by atoms with van der Waals surface area (Å²) in [6.07, 6.45) is -0.524. The number of pyridine rings is 1. The number of ether oxygens (including phenoxy) is 1. The average Bonchev–Trinajstić information content (AvgIpc) is 2.83. The third-order valence-corrected chi connectivity index (χ3v) is 5.26. The molecule has 0 radical (unpaired) electrons. The van der Waals surface area contributed by atoms with E-state index in [2.05, 4.69) is 10.6 Å². The standard InChI is InChI=1S/C27H22N4O2/c28-19-14-18(17-33-27(32)30-20-8-2-1-3-9-20)15-21(16-19)29-26-22-10-4-6-12-24(22)31-25-13-7-5-11-23(25)26/h1-16H,17,28H2,(H,29,31)(H,30,32). The van der Waals surface area contributed by atoms with Crippen LogP contribution in [0.15, 0.2) is 97.1 Å². The molecule has 0 bridgehead atoms. The van der Waals surface area contributed by atoms with Gasteiger partial charge in [0.05, 0.1) is 16.7 Å². The highest BCUT2D eigenvalue weighted by Crippen LogP contribution is 2.33. The molecule has 1 amide bonds. The Morgan fingerprint density at radius 1 is 0.788 bits per heavy atom. The fourth-order valence-electron chi connectivity index (χ4n) is 3.82. The summed E-state index contributed by atoms with van der Waals surface area (Å²) in [5.41, 5.74) is 11.8. The predicted octanol–water partition coefficient (Wildman–Crippen LogP) is 6.46. The zero-order chi connectivity index (χ0) is 22.6. The number of hydrogen-bond donors (Lipinski definition) is 3. The maximum atomic E-state index is 12.2. The number of rotatable bonds is 5. The van der Waals surface area contributed by atoms with E-state index in [0.717, 1.165) is 38.7 Å². The van der Waals surface area contributed by atoms with Crippen LogP contribution >= 0.6 is 0 Å². The number of aromatic nitrogens is 1. The first-order chi connectivity index (χ1) is 16.2. The highest BCUT2D eigenvalue weighted by atomic mass is 16.5. The van der Waals surface area contributed by atoms with Gasteiger partial charge in [-0.25, -0.2) is 9.78 Å². The van der Waals surface area contributed by atoms with E-state index in [4.69, 9.17) is 15.5 Å². The lowest BCUT2D eigenvalue weighted by molar-refractivity contribution is 0.155. The van der Waals surface area contributed by atoms with E-state index in [0.29, 0.717) is 11.4 Å². The zero-order valence-corrected chi connectivity index (χ0v) is 17.8. The van der Waals surface area contributed by atoms with Crippen LogP contribution < -0.4 is 16.4 Å². The first-order valence-electron chi connectivity index (χ1n) is 10.6. The normalized spacial score (nSPS) is 10.8. The molecule has 0 spiro atoms. The van der Waals surface area contributed by atoms with Crippen molar-refractivity contribution in [3.8, 4) is 0 Å². The SMILES string of the molecule is Nc1cc(COC(=O)Nc2ccccc2)cc(Nc2c3ccccc3nc3ccccc23)c1. The second-order valence-electron chi connectivity index (χ2n) is 7.68. The Morgan fingerprint density at radius 3 is 2.12 bits per heavy atom. The van der Waals surface area contributed by atoms with Crippen molar-refractivity contribution in [2.24, 2.45) is 0 Å². The molecule has 0 atom stereocenters. The van der Waals surface area contributed by atoms with Crippen molar-refractivity contribution in [1.29, 1.82) is 0 Å². The number of amides is 1. The first-order valence-corrected chi connectivity index (χ1v) is 10.6. The van der Waals surface area contributed by atoms with Crippen LogP contribution in [0.4, 0.5) is 27.5 Å². The molecule has 5 rings (SSSR count). The van der Waals surface area contributed by atoms with Gasteiger partial charge in [0, 0.05) is 27.8 Å². The lowest BCUT2D eigenvalue weighted by Gasteiger charge is -2.15. The zero-order valence-electron chi connectivity index (χ0n) is 17.8. The Balaban J connectivity index is 1.41. The Hall–Kier alpha value is -4.58. The van der Waals surface area contributed by atoms with E-state index in [9.17, 15) is 4.79 Å². The van der Waals surface area contributed by atoms with Gasteiger partial charge in [0.15, 0.2) is 0 Å². The fraction of sp³-hybridized carbons (Fsp3) is 0.0370. The summed E-state index contributed by atoms with van der Waals surface area (Å²) in [7, 11) is 0. The average molecular weight is 434 g/mol. The number of nitrogens with zero attached hydrogens (tertiary/aromatic N) is 1. The largest absolute Gasteiger partial charge is 0.444 e. The second kappa shape index (κ2) is 8.88. The lowest BCUT2D eigenvalue weighted by Crippen LogP contribution is -2.13. The summed E-state index contributed by atoms with van der Waals surface area (Å²) >= 11 is 0. The molecule has 0 saturated heterocycles. The van der Waals surface area contributed by atoms with Crippen molar-refractivity contribution in [1.82, 2.24) is 4.98 Å². The molecule has 0 saturated carbocycles. The number of nitrogens with one attached hydrogen (secondary N) is 2. The maximum Gasteiger partial charge on any atom is 0.411 e. The molecule has 0 fully saturated rings. The Morgan fingerprint density at radius 2 is 1.42 bits per heavy atom. The van der Waals surface area contributed by atoms with Gasteiger partial charge in [0.2, 0.25) is 0 Å². The topological polar surface area (TPSA) is 89.3 Å². The molecule has 6 heteroatoms. The first kappa shape index (κ1) is 20.3. The van der Waals surface area contributed by atoms with Crippen molar-refractivity contribution < 1.29 is 9.53 Å². The van der Waals surface area contributed by atoms with E-state index in [-0.39, 0.29) is 6.61 Å². The van der Waals surface area contributed by atoms with E-state index < -0.39 is 6.09 Å². The minimum atomic E-state index is -0.524. The summed E-state index contributed by atoms with van der Waals surface area (Å²) in [4.78, 5) is 16.9. The Labute approximate surface area is 191 Å². The highest BCUT2D eigenvalue weighted by Gasteiger charge is 2.11.